The summed E-state index contributed by atoms with van der Waals surface area (Å²) >= 11 is 0. The van der Waals surface area contributed by atoms with Crippen LogP contribution in [0.25, 0.3) is 0 Å². The van der Waals surface area contributed by atoms with Gasteiger partial charge in [0.05, 0.1) is 17.9 Å². The van der Waals surface area contributed by atoms with Gasteiger partial charge in [-0.25, -0.2) is 9.97 Å². The molecule has 3 heterocycles. The first-order valence-electron chi connectivity index (χ1n) is 11.8. The number of aliphatic hydroxyl groups is 1. The summed E-state index contributed by atoms with van der Waals surface area (Å²) in [5.74, 6) is 0.717. The Labute approximate surface area is 194 Å². The van der Waals surface area contributed by atoms with Crippen LogP contribution < -0.4 is 0 Å². The summed E-state index contributed by atoms with van der Waals surface area (Å²) < 4.78 is 12.0. The van der Waals surface area contributed by atoms with E-state index in [0.717, 1.165) is 44.2 Å². The van der Waals surface area contributed by atoms with Crippen molar-refractivity contribution in [2.24, 2.45) is 0 Å². The number of aromatic nitrogens is 2. The van der Waals surface area contributed by atoms with Gasteiger partial charge in [0.1, 0.15) is 6.10 Å². The van der Waals surface area contributed by atoms with Crippen LogP contribution in [0.2, 0.25) is 0 Å². The number of nitrogens with zero attached hydrogens (tertiary/aromatic N) is 4. The Bertz CT molecular complexity index is 956. The van der Waals surface area contributed by atoms with Crippen molar-refractivity contribution < 1.29 is 19.4 Å². The lowest BCUT2D eigenvalue weighted by atomic mass is 9.75. The maximum atomic E-state index is 13.1. The van der Waals surface area contributed by atoms with E-state index in [9.17, 15) is 9.90 Å². The van der Waals surface area contributed by atoms with Gasteiger partial charge in [-0.05, 0) is 55.9 Å². The van der Waals surface area contributed by atoms with E-state index in [-0.39, 0.29) is 17.6 Å². The van der Waals surface area contributed by atoms with Gasteiger partial charge in [-0.1, -0.05) is 12.1 Å². The van der Waals surface area contributed by atoms with E-state index in [2.05, 4.69) is 14.9 Å². The van der Waals surface area contributed by atoms with Crippen LogP contribution in [0, 0.1) is 0 Å². The summed E-state index contributed by atoms with van der Waals surface area (Å²) in [7, 11) is 1.70. The quantitative estimate of drug-likeness (QED) is 0.746. The molecule has 0 radical (unpaired) electrons. The Hall–Kier alpha value is -2.39. The number of hydrogen-bond acceptors (Lipinski definition) is 7. The molecule has 1 aliphatic carbocycles. The van der Waals surface area contributed by atoms with Crippen LogP contribution >= 0.6 is 0 Å². The zero-order valence-electron chi connectivity index (χ0n) is 19.2. The lowest BCUT2D eigenvalue weighted by Crippen LogP contribution is -2.58. The maximum Gasteiger partial charge on any atom is 0.253 e. The van der Waals surface area contributed by atoms with Crippen molar-refractivity contribution >= 4 is 5.91 Å². The first-order chi connectivity index (χ1) is 16.0. The summed E-state index contributed by atoms with van der Waals surface area (Å²) in [4.78, 5) is 26.1. The molecule has 3 aliphatic rings. The van der Waals surface area contributed by atoms with E-state index in [1.807, 2.05) is 29.2 Å². The van der Waals surface area contributed by atoms with Gasteiger partial charge in [-0.2, -0.15) is 0 Å². The maximum absolute atomic E-state index is 13.1. The molecule has 3 fully saturated rings. The zero-order valence-corrected chi connectivity index (χ0v) is 19.2. The standard InChI is InChI=1S/C25H32N4O4/c1-32-18-28-16-21(22-26-12-3-13-27-22)33-24(17-28)10-14-29(15-11-24)23(30)19-4-6-20(7-5-19)25(31)8-2-9-25/h3-7,12-13,21,31H,2,8-11,14-18H2,1H3. The highest BCUT2D eigenvalue weighted by Crippen LogP contribution is 2.41. The number of likely N-dealkylation sites (tertiary alicyclic amines) is 1. The summed E-state index contributed by atoms with van der Waals surface area (Å²) in [6.07, 6.45) is 7.40. The first kappa shape index (κ1) is 22.4. The topological polar surface area (TPSA) is 88.0 Å². The third kappa shape index (κ3) is 4.53. The third-order valence-electron chi connectivity index (χ3n) is 7.33. The fourth-order valence-electron chi connectivity index (χ4n) is 5.27. The lowest BCUT2D eigenvalue weighted by molar-refractivity contribution is -0.189. The van der Waals surface area contributed by atoms with Gasteiger partial charge < -0.3 is 19.5 Å². The molecule has 2 saturated heterocycles. The molecule has 0 bridgehead atoms. The number of piperidine rings is 1. The molecule has 1 aromatic heterocycles. The number of carbonyl (C=O) groups excluding carboxylic acids is 1. The smallest absolute Gasteiger partial charge is 0.253 e. The van der Waals surface area contributed by atoms with Crippen molar-refractivity contribution in [3.8, 4) is 0 Å². The highest BCUT2D eigenvalue weighted by Gasteiger charge is 2.45. The molecule has 176 valence electrons. The van der Waals surface area contributed by atoms with Gasteiger partial charge in [0.2, 0.25) is 0 Å². The van der Waals surface area contributed by atoms with Crippen LogP contribution in [-0.4, -0.2) is 76.4 Å². The minimum Gasteiger partial charge on any atom is -0.385 e. The molecule has 1 N–H and O–H groups in total. The van der Waals surface area contributed by atoms with E-state index < -0.39 is 5.60 Å². The van der Waals surface area contributed by atoms with Gasteiger partial charge in [-0.15, -0.1) is 0 Å². The predicted octanol–water partition coefficient (Wildman–Crippen LogP) is 2.50. The van der Waals surface area contributed by atoms with E-state index in [1.165, 1.54) is 0 Å². The van der Waals surface area contributed by atoms with Gasteiger partial charge in [0.15, 0.2) is 5.82 Å². The van der Waals surface area contributed by atoms with E-state index >= 15 is 0 Å². The van der Waals surface area contributed by atoms with Crippen LogP contribution in [0.5, 0.6) is 0 Å². The number of morpholine rings is 1. The fourth-order valence-corrected chi connectivity index (χ4v) is 5.27. The Morgan fingerprint density at radius 2 is 1.85 bits per heavy atom. The molecule has 1 aromatic carbocycles. The zero-order chi connectivity index (χ0) is 22.9. The molecule has 2 aromatic rings. The molecule has 8 heteroatoms. The molecule has 5 rings (SSSR count). The number of amides is 1. The normalized spacial score (nSPS) is 24.4. The SMILES string of the molecule is COCN1CC(c2ncccn2)OC2(CCN(C(=O)c3ccc(C4(O)CCC4)cc3)CC2)C1. The van der Waals surface area contributed by atoms with Crippen molar-refractivity contribution in [2.45, 2.75) is 49.4 Å². The Kier molecular flexibility index (Phi) is 6.18. The second-order valence-corrected chi connectivity index (χ2v) is 9.58. The third-order valence-corrected chi connectivity index (χ3v) is 7.33. The molecular weight excluding hydrogens is 420 g/mol. The first-order valence-corrected chi connectivity index (χ1v) is 11.8. The Morgan fingerprint density at radius 1 is 1.15 bits per heavy atom. The van der Waals surface area contributed by atoms with Crippen molar-refractivity contribution in [3.05, 3.63) is 59.7 Å². The molecule has 2 aliphatic heterocycles. The molecule has 8 nitrogen and oxygen atoms in total. The van der Waals surface area contributed by atoms with Crippen LogP contribution in [0.3, 0.4) is 0 Å². The van der Waals surface area contributed by atoms with E-state index in [1.54, 1.807) is 25.6 Å². The van der Waals surface area contributed by atoms with Crippen LogP contribution in [-0.2, 0) is 15.1 Å². The van der Waals surface area contributed by atoms with Crippen LogP contribution in [0.15, 0.2) is 42.7 Å². The van der Waals surface area contributed by atoms with Crippen molar-refractivity contribution in [3.63, 3.8) is 0 Å². The summed E-state index contributed by atoms with van der Waals surface area (Å²) in [5.41, 5.74) is 0.517. The number of ether oxygens (including phenoxy) is 2. The largest absolute Gasteiger partial charge is 0.385 e. The van der Waals surface area contributed by atoms with Crippen LogP contribution in [0.1, 0.15) is 60.0 Å². The number of rotatable bonds is 5. The lowest BCUT2D eigenvalue weighted by Gasteiger charge is -2.49. The molecular formula is C25H32N4O4. The Balaban J connectivity index is 1.25. The molecule has 1 spiro atoms. The minimum absolute atomic E-state index is 0.0319. The van der Waals surface area contributed by atoms with Gasteiger partial charge in [0, 0.05) is 51.2 Å². The van der Waals surface area contributed by atoms with Crippen molar-refractivity contribution in [2.75, 3.05) is 40.0 Å². The Morgan fingerprint density at radius 3 is 2.45 bits per heavy atom. The number of hydrogen-bond donors (Lipinski definition) is 1. The summed E-state index contributed by atoms with van der Waals surface area (Å²) in [6.45, 7) is 3.23. The van der Waals surface area contributed by atoms with E-state index in [0.29, 0.717) is 37.8 Å². The second-order valence-electron chi connectivity index (χ2n) is 9.58. The average molecular weight is 453 g/mol. The number of methoxy groups -OCH3 is 1. The predicted molar refractivity (Wildman–Crippen MR) is 121 cm³/mol. The fraction of sp³-hybridized carbons (Fsp3) is 0.560. The molecule has 1 atom stereocenters. The molecule has 1 amide bonds. The number of carbonyl (C=O) groups is 1. The molecule has 33 heavy (non-hydrogen) atoms. The molecule has 1 saturated carbocycles. The minimum atomic E-state index is -0.704. The monoisotopic (exact) mass is 452 g/mol. The highest BCUT2D eigenvalue weighted by atomic mass is 16.5. The highest BCUT2D eigenvalue weighted by molar-refractivity contribution is 5.94. The van der Waals surface area contributed by atoms with Gasteiger partial charge in [-0.3, -0.25) is 9.69 Å². The van der Waals surface area contributed by atoms with Gasteiger partial charge >= 0.3 is 0 Å². The van der Waals surface area contributed by atoms with Crippen LogP contribution in [0.4, 0.5) is 0 Å². The summed E-state index contributed by atoms with van der Waals surface area (Å²) in [5, 5.41) is 10.5. The van der Waals surface area contributed by atoms with Gasteiger partial charge in [0.25, 0.3) is 5.91 Å². The summed E-state index contributed by atoms with van der Waals surface area (Å²) in [6, 6.07) is 9.29. The number of benzene rings is 1. The van der Waals surface area contributed by atoms with Crippen molar-refractivity contribution in [1.82, 2.24) is 19.8 Å². The second kappa shape index (κ2) is 9.10. The van der Waals surface area contributed by atoms with Crippen molar-refractivity contribution in [1.29, 1.82) is 0 Å². The van der Waals surface area contributed by atoms with E-state index in [4.69, 9.17) is 9.47 Å². The molecule has 1 unspecified atom stereocenters. The average Bonchev–Trinajstić information content (AvgIpc) is 2.83.